The molecule has 0 fully saturated rings. The van der Waals surface area contributed by atoms with E-state index in [4.69, 9.17) is 32.7 Å². The van der Waals surface area contributed by atoms with Gasteiger partial charge >= 0.3 is 0 Å². The highest BCUT2D eigenvalue weighted by Gasteiger charge is 2.12. The predicted molar refractivity (Wildman–Crippen MR) is 178 cm³/mol. The van der Waals surface area contributed by atoms with Crippen molar-refractivity contribution < 1.29 is 14.3 Å². The minimum Gasteiger partial charge on any atom is -0.490 e. The molecule has 0 saturated carbocycles. The summed E-state index contributed by atoms with van der Waals surface area (Å²) in [5, 5.41) is 11.5. The van der Waals surface area contributed by atoms with Gasteiger partial charge in [0.05, 0.1) is 18.5 Å². The number of nitrogens with one attached hydrogen (secondary N) is 2. The summed E-state index contributed by atoms with van der Waals surface area (Å²) in [5.41, 5.74) is 7.34. The SMILES string of the molecule is CCOc1cc(/C=N\NC(=O)c2ccc(-c3csc(Nc4ccc(Cl)cc4)n3)cc2)c(Br)cc1OCc1ccc(Cl)cc1. The minimum atomic E-state index is -0.338. The molecule has 0 aliphatic carbocycles. The summed E-state index contributed by atoms with van der Waals surface area (Å²) in [7, 11) is 0. The van der Waals surface area contributed by atoms with E-state index in [1.54, 1.807) is 24.4 Å². The van der Waals surface area contributed by atoms with Crippen LogP contribution in [-0.4, -0.2) is 23.7 Å². The first-order valence-electron chi connectivity index (χ1n) is 13.1. The number of rotatable bonds is 11. The number of carbonyl (C=O) groups is 1. The van der Waals surface area contributed by atoms with Gasteiger partial charge in [0.15, 0.2) is 16.6 Å². The molecule has 7 nitrogen and oxygen atoms in total. The van der Waals surface area contributed by atoms with Crippen LogP contribution < -0.4 is 20.2 Å². The third kappa shape index (κ3) is 8.36. The first-order chi connectivity index (χ1) is 20.9. The molecule has 218 valence electrons. The fourth-order valence-corrected chi connectivity index (χ4v) is 5.33. The van der Waals surface area contributed by atoms with Crippen molar-refractivity contribution in [3.8, 4) is 22.8 Å². The van der Waals surface area contributed by atoms with Gasteiger partial charge in [-0.2, -0.15) is 5.10 Å². The second kappa shape index (κ2) is 14.5. The third-order valence-corrected chi connectivity index (χ3v) is 8.03. The number of hydrogen-bond acceptors (Lipinski definition) is 7. The maximum absolute atomic E-state index is 12.7. The van der Waals surface area contributed by atoms with Crippen LogP contribution in [0.15, 0.2) is 99.9 Å². The van der Waals surface area contributed by atoms with E-state index in [1.165, 1.54) is 11.3 Å². The Hall–Kier alpha value is -3.89. The molecule has 1 heterocycles. The Morgan fingerprint density at radius 2 is 1.63 bits per heavy atom. The van der Waals surface area contributed by atoms with Crippen LogP contribution in [0.1, 0.15) is 28.4 Å². The van der Waals surface area contributed by atoms with Gasteiger partial charge in [-0.1, -0.05) is 47.5 Å². The number of thiazole rings is 1. The molecule has 1 amide bonds. The molecule has 2 N–H and O–H groups in total. The highest BCUT2D eigenvalue weighted by molar-refractivity contribution is 9.10. The average Bonchev–Trinajstić information content (AvgIpc) is 3.48. The van der Waals surface area contributed by atoms with Gasteiger partial charge < -0.3 is 14.8 Å². The van der Waals surface area contributed by atoms with Gasteiger partial charge in [0, 0.05) is 42.3 Å². The van der Waals surface area contributed by atoms with Crippen LogP contribution in [0.4, 0.5) is 10.8 Å². The third-order valence-electron chi connectivity index (χ3n) is 6.08. The molecule has 43 heavy (non-hydrogen) atoms. The van der Waals surface area contributed by atoms with Crippen LogP contribution in [0.25, 0.3) is 11.3 Å². The quantitative estimate of drug-likeness (QED) is 0.106. The largest absolute Gasteiger partial charge is 0.490 e. The molecular formula is C32H25BrCl2N4O3S. The maximum atomic E-state index is 12.7. The standard InChI is InChI=1S/C32H25BrCl2N4O3S/c1-2-41-29-15-23(27(33)16-30(29)42-18-20-3-9-24(34)10-4-20)17-36-39-31(40)22-7-5-21(6-8-22)28-19-43-32(38-28)37-26-13-11-25(35)12-14-26/h3-17,19H,2,18H2,1H3,(H,37,38)(H,39,40)/b36-17-. The molecule has 0 atom stereocenters. The molecule has 5 rings (SSSR count). The van der Waals surface area contributed by atoms with E-state index >= 15 is 0 Å². The summed E-state index contributed by atoms with van der Waals surface area (Å²) in [6, 6.07) is 25.7. The van der Waals surface area contributed by atoms with Crippen molar-refractivity contribution in [2.24, 2.45) is 5.10 Å². The number of hydrazone groups is 1. The summed E-state index contributed by atoms with van der Waals surface area (Å²) in [4.78, 5) is 17.4. The normalized spacial score (nSPS) is 11.0. The topological polar surface area (TPSA) is 84.8 Å². The summed E-state index contributed by atoms with van der Waals surface area (Å²) in [6.45, 7) is 2.72. The Kier molecular flexibility index (Phi) is 10.3. The van der Waals surface area contributed by atoms with Gasteiger partial charge in [0.25, 0.3) is 5.91 Å². The lowest BCUT2D eigenvalue weighted by Gasteiger charge is -2.14. The molecule has 5 aromatic rings. The van der Waals surface area contributed by atoms with Gasteiger partial charge in [0.1, 0.15) is 6.61 Å². The number of nitrogens with zero attached hydrogens (tertiary/aromatic N) is 2. The van der Waals surface area contributed by atoms with Crippen LogP contribution >= 0.6 is 50.5 Å². The zero-order valence-electron chi connectivity index (χ0n) is 22.8. The highest BCUT2D eigenvalue weighted by atomic mass is 79.9. The van der Waals surface area contributed by atoms with Gasteiger partial charge in [0.2, 0.25) is 0 Å². The number of hydrogen-bond donors (Lipinski definition) is 2. The predicted octanol–water partition coefficient (Wildman–Crippen LogP) is 9.36. The lowest BCUT2D eigenvalue weighted by molar-refractivity contribution is 0.0955. The zero-order valence-corrected chi connectivity index (χ0v) is 26.7. The highest BCUT2D eigenvalue weighted by Crippen LogP contribution is 2.34. The Balaban J connectivity index is 1.19. The van der Waals surface area contributed by atoms with E-state index in [1.807, 2.05) is 79.0 Å². The van der Waals surface area contributed by atoms with Crippen molar-refractivity contribution in [3.05, 3.63) is 122 Å². The van der Waals surface area contributed by atoms with Crippen LogP contribution in [0, 0.1) is 0 Å². The van der Waals surface area contributed by atoms with Crippen molar-refractivity contribution >= 4 is 73.4 Å². The van der Waals surface area contributed by atoms with Gasteiger partial charge in [-0.15, -0.1) is 11.3 Å². The molecule has 4 aromatic carbocycles. The number of anilines is 2. The average molecular weight is 696 g/mol. The summed E-state index contributed by atoms with van der Waals surface area (Å²) in [5.74, 6) is 0.810. The summed E-state index contributed by atoms with van der Waals surface area (Å²) < 4.78 is 12.5. The molecule has 0 saturated heterocycles. The van der Waals surface area contributed by atoms with Gasteiger partial charge in [-0.05, 0) is 89.1 Å². The number of carbonyl (C=O) groups excluding carboxylic acids is 1. The fourth-order valence-electron chi connectivity index (χ4n) is 3.91. The minimum absolute atomic E-state index is 0.338. The van der Waals surface area contributed by atoms with Crippen LogP contribution in [0.5, 0.6) is 11.5 Å². The van der Waals surface area contributed by atoms with Crippen molar-refractivity contribution in [2.75, 3.05) is 11.9 Å². The maximum Gasteiger partial charge on any atom is 0.271 e. The zero-order chi connectivity index (χ0) is 30.2. The molecule has 0 radical (unpaired) electrons. The first kappa shape index (κ1) is 30.6. The number of amides is 1. The van der Waals surface area contributed by atoms with E-state index in [0.29, 0.717) is 45.9 Å². The lowest BCUT2D eigenvalue weighted by atomic mass is 10.1. The Morgan fingerprint density at radius 3 is 2.33 bits per heavy atom. The van der Waals surface area contributed by atoms with E-state index < -0.39 is 0 Å². The van der Waals surface area contributed by atoms with E-state index in [2.05, 4.69) is 36.8 Å². The molecule has 0 bridgehead atoms. The van der Waals surface area contributed by atoms with E-state index in [9.17, 15) is 4.79 Å². The molecule has 0 unspecified atom stereocenters. The number of aromatic nitrogens is 1. The van der Waals surface area contributed by atoms with Crippen molar-refractivity contribution in [3.63, 3.8) is 0 Å². The van der Waals surface area contributed by atoms with Crippen molar-refractivity contribution in [1.82, 2.24) is 10.4 Å². The van der Waals surface area contributed by atoms with Crippen molar-refractivity contribution in [1.29, 1.82) is 0 Å². The fraction of sp³-hybridized carbons (Fsp3) is 0.0938. The van der Waals surface area contributed by atoms with Gasteiger partial charge in [-0.25, -0.2) is 10.4 Å². The molecule has 0 aliphatic heterocycles. The monoisotopic (exact) mass is 694 g/mol. The molecule has 0 spiro atoms. The van der Waals surface area contributed by atoms with Crippen LogP contribution in [0.2, 0.25) is 10.0 Å². The number of ether oxygens (including phenoxy) is 2. The Labute approximate surface area is 271 Å². The molecule has 0 aliphatic rings. The second-order valence-electron chi connectivity index (χ2n) is 9.11. The van der Waals surface area contributed by atoms with E-state index in [0.717, 1.165) is 32.1 Å². The summed E-state index contributed by atoms with van der Waals surface area (Å²) in [6.07, 6.45) is 1.55. The van der Waals surface area contributed by atoms with Crippen LogP contribution in [-0.2, 0) is 6.61 Å². The molecule has 11 heteroatoms. The van der Waals surface area contributed by atoms with E-state index in [-0.39, 0.29) is 5.91 Å². The second-order valence-corrected chi connectivity index (χ2v) is 11.7. The summed E-state index contributed by atoms with van der Waals surface area (Å²) >= 11 is 17.0. The Morgan fingerprint density at radius 1 is 0.953 bits per heavy atom. The van der Waals surface area contributed by atoms with Crippen molar-refractivity contribution in [2.45, 2.75) is 13.5 Å². The first-order valence-corrected chi connectivity index (χ1v) is 15.6. The smallest absolute Gasteiger partial charge is 0.271 e. The Bertz CT molecular complexity index is 1730. The number of benzene rings is 4. The number of halogens is 3. The van der Waals surface area contributed by atoms with Crippen LogP contribution in [0.3, 0.4) is 0 Å². The lowest BCUT2D eigenvalue weighted by Crippen LogP contribution is -2.17. The molecular weight excluding hydrogens is 671 g/mol. The molecule has 1 aromatic heterocycles. The van der Waals surface area contributed by atoms with Gasteiger partial charge in [-0.3, -0.25) is 4.79 Å².